The number of ether oxygens (including phenoxy) is 2. The molecule has 2 aromatic carbocycles. The highest BCUT2D eigenvalue weighted by molar-refractivity contribution is 5.28. The molecule has 0 radical (unpaired) electrons. The number of unbranched alkanes of at least 4 members (excludes halogenated alkanes) is 4. The Morgan fingerprint density at radius 2 is 1.54 bits per heavy atom. The molecular formula is C22H30O2. The molecule has 2 rings (SSSR count). The second-order valence-electron chi connectivity index (χ2n) is 6.26. The van der Waals surface area contributed by atoms with E-state index in [0.717, 1.165) is 12.2 Å². The standard InChI is InChI=1S/C22H30O2/c1-3-4-5-6-10-13-22(20-14-16-21(23-2)17-15-20)24-18-19-11-8-7-9-12-19/h7-9,11-12,14-17,22H,3-6,10,13,18H2,1-2H3. The summed E-state index contributed by atoms with van der Waals surface area (Å²) in [6, 6.07) is 18.7. The van der Waals surface area contributed by atoms with Gasteiger partial charge in [-0.3, -0.25) is 0 Å². The largest absolute Gasteiger partial charge is 0.497 e. The van der Waals surface area contributed by atoms with E-state index in [9.17, 15) is 0 Å². The quantitative estimate of drug-likeness (QED) is 0.450. The van der Waals surface area contributed by atoms with Crippen LogP contribution >= 0.6 is 0 Å². The minimum absolute atomic E-state index is 0.151. The van der Waals surface area contributed by atoms with Crippen molar-refractivity contribution in [3.8, 4) is 5.75 Å². The van der Waals surface area contributed by atoms with Gasteiger partial charge in [-0.05, 0) is 29.7 Å². The minimum atomic E-state index is 0.151. The molecule has 0 N–H and O–H groups in total. The van der Waals surface area contributed by atoms with Crippen LogP contribution in [0.3, 0.4) is 0 Å². The van der Waals surface area contributed by atoms with E-state index in [2.05, 4.69) is 43.3 Å². The first-order chi connectivity index (χ1) is 11.8. The zero-order chi connectivity index (χ0) is 17.0. The van der Waals surface area contributed by atoms with E-state index in [1.807, 2.05) is 18.2 Å². The topological polar surface area (TPSA) is 18.5 Å². The van der Waals surface area contributed by atoms with E-state index in [4.69, 9.17) is 9.47 Å². The zero-order valence-electron chi connectivity index (χ0n) is 15.0. The Morgan fingerprint density at radius 1 is 0.833 bits per heavy atom. The summed E-state index contributed by atoms with van der Waals surface area (Å²) in [5.74, 6) is 0.892. The highest BCUT2D eigenvalue weighted by atomic mass is 16.5. The molecule has 0 bridgehead atoms. The lowest BCUT2D eigenvalue weighted by Gasteiger charge is -2.19. The molecule has 0 saturated heterocycles. The van der Waals surface area contributed by atoms with Gasteiger partial charge in [-0.15, -0.1) is 0 Å². The van der Waals surface area contributed by atoms with Crippen LogP contribution in [0.5, 0.6) is 5.75 Å². The number of benzene rings is 2. The number of hydrogen-bond acceptors (Lipinski definition) is 2. The highest BCUT2D eigenvalue weighted by Crippen LogP contribution is 2.27. The first-order valence-electron chi connectivity index (χ1n) is 9.13. The van der Waals surface area contributed by atoms with Gasteiger partial charge in [0.25, 0.3) is 0 Å². The van der Waals surface area contributed by atoms with Gasteiger partial charge < -0.3 is 9.47 Å². The monoisotopic (exact) mass is 326 g/mol. The Morgan fingerprint density at radius 3 is 2.21 bits per heavy atom. The summed E-state index contributed by atoms with van der Waals surface area (Å²) in [5, 5.41) is 0. The molecule has 1 unspecified atom stereocenters. The van der Waals surface area contributed by atoms with Crippen molar-refractivity contribution in [2.75, 3.05) is 7.11 Å². The summed E-state index contributed by atoms with van der Waals surface area (Å²) in [4.78, 5) is 0. The molecule has 0 aliphatic heterocycles. The molecule has 0 saturated carbocycles. The average molecular weight is 326 g/mol. The third kappa shape index (κ3) is 6.37. The number of methoxy groups -OCH3 is 1. The van der Waals surface area contributed by atoms with E-state index < -0.39 is 0 Å². The molecule has 0 amide bonds. The lowest BCUT2D eigenvalue weighted by Crippen LogP contribution is -2.05. The predicted octanol–water partition coefficient (Wildman–Crippen LogP) is 6.31. The van der Waals surface area contributed by atoms with Crippen LogP contribution in [0, 0.1) is 0 Å². The third-order valence-electron chi connectivity index (χ3n) is 4.35. The third-order valence-corrected chi connectivity index (χ3v) is 4.35. The molecule has 2 nitrogen and oxygen atoms in total. The second kappa shape index (κ2) is 10.9. The number of hydrogen-bond donors (Lipinski definition) is 0. The average Bonchev–Trinajstić information content (AvgIpc) is 2.65. The molecule has 24 heavy (non-hydrogen) atoms. The SMILES string of the molecule is CCCCCCCC(OCc1ccccc1)c1ccc(OC)cc1. The summed E-state index contributed by atoms with van der Waals surface area (Å²) in [6.07, 6.45) is 7.66. The molecule has 0 aromatic heterocycles. The van der Waals surface area contributed by atoms with Crippen LogP contribution in [0.25, 0.3) is 0 Å². The fraction of sp³-hybridized carbons (Fsp3) is 0.455. The summed E-state index contributed by atoms with van der Waals surface area (Å²) >= 11 is 0. The lowest BCUT2D eigenvalue weighted by atomic mass is 10.0. The summed E-state index contributed by atoms with van der Waals surface area (Å²) < 4.78 is 11.5. The van der Waals surface area contributed by atoms with Gasteiger partial charge in [0.05, 0.1) is 19.8 Å². The zero-order valence-corrected chi connectivity index (χ0v) is 15.0. The first-order valence-corrected chi connectivity index (χ1v) is 9.13. The van der Waals surface area contributed by atoms with Gasteiger partial charge in [0.2, 0.25) is 0 Å². The Balaban J connectivity index is 1.94. The van der Waals surface area contributed by atoms with Gasteiger partial charge in [-0.1, -0.05) is 81.5 Å². The van der Waals surface area contributed by atoms with Crippen molar-refractivity contribution in [3.63, 3.8) is 0 Å². The van der Waals surface area contributed by atoms with Gasteiger partial charge >= 0.3 is 0 Å². The van der Waals surface area contributed by atoms with Crippen molar-refractivity contribution in [2.24, 2.45) is 0 Å². The van der Waals surface area contributed by atoms with E-state index in [-0.39, 0.29) is 6.10 Å². The molecule has 2 heteroatoms. The predicted molar refractivity (Wildman–Crippen MR) is 100 cm³/mol. The summed E-state index contributed by atoms with van der Waals surface area (Å²) in [5.41, 5.74) is 2.46. The van der Waals surface area contributed by atoms with Crippen molar-refractivity contribution < 1.29 is 9.47 Å². The fourth-order valence-corrected chi connectivity index (χ4v) is 2.87. The second-order valence-corrected chi connectivity index (χ2v) is 6.26. The van der Waals surface area contributed by atoms with Crippen molar-refractivity contribution in [3.05, 3.63) is 65.7 Å². The van der Waals surface area contributed by atoms with Crippen LogP contribution in [-0.4, -0.2) is 7.11 Å². The van der Waals surface area contributed by atoms with Crippen molar-refractivity contribution >= 4 is 0 Å². The Hall–Kier alpha value is -1.80. The van der Waals surface area contributed by atoms with Crippen molar-refractivity contribution in [2.45, 2.75) is 58.2 Å². The first kappa shape index (κ1) is 18.5. The molecule has 0 spiro atoms. The number of rotatable bonds is 11. The smallest absolute Gasteiger partial charge is 0.118 e. The van der Waals surface area contributed by atoms with Crippen molar-refractivity contribution in [1.29, 1.82) is 0 Å². The van der Waals surface area contributed by atoms with E-state index in [0.29, 0.717) is 6.61 Å². The molecular weight excluding hydrogens is 296 g/mol. The summed E-state index contributed by atoms with van der Waals surface area (Å²) in [6.45, 7) is 2.91. The molecule has 0 fully saturated rings. The highest BCUT2D eigenvalue weighted by Gasteiger charge is 2.12. The van der Waals surface area contributed by atoms with Crippen LogP contribution in [0.1, 0.15) is 62.7 Å². The maximum atomic E-state index is 6.25. The lowest BCUT2D eigenvalue weighted by molar-refractivity contribution is 0.0321. The molecule has 1 atom stereocenters. The normalized spacial score (nSPS) is 12.1. The van der Waals surface area contributed by atoms with Crippen LogP contribution < -0.4 is 4.74 Å². The molecule has 0 aliphatic carbocycles. The van der Waals surface area contributed by atoms with Crippen LogP contribution in [0.15, 0.2) is 54.6 Å². The van der Waals surface area contributed by atoms with E-state index in [1.165, 1.54) is 43.2 Å². The minimum Gasteiger partial charge on any atom is -0.497 e. The van der Waals surface area contributed by atoms with E-state index >= 15 is 0 Å². The van der Waals surface area contributed by atoms with E-state index in [1.54, 1.807) is 7.11 Å². The molecule has 130 valence electrons. The summed E-state index contributed by atoms with van der Waals surface area (Å²) in [7, 11) is 1.70. The molecule has 0 aliphatic rings. The van der Waals surface area contributed by atoms with Crippen LogP contribution in [-0.2, 0) is 11.3 Å². The van der Waals surface area contributed by atoms with Crippen LogP contribution in [0.2, 0.25) is 0 Å². The Labute approximate surface area is 146 Å². The molecule has 0 heterocycles. The maximum absolute atomic E-state index is 6.25. The van der Waals surface area contributed by atoms with Crippen LogP contribution in [0.4, 0.5) is 0 Å². The van der Waals surface area contributed by atoms with Gasteiger partial charge in [-0.25, -0.2) is 0 Å². The van der Waals surface area contributed by atoms with Gasteiger partial charge in [0.15, 0.2) is 0 Å². The fourth-order valence-electron chi connectivity index (χ4n) is 2.87. The van der Waals surface area contributed by atoms with Gasteiger partial charge in [0, 0.05) is 0 Å². The Bertz CT molecular complexity index is 548. The van der Waals surface area contributed by atoms with Gasteiger partial charge in [0.1, 0.15) is 5.75 Å². The maximum Gasteiger partial charge on any atom is 0.118 e. The molecule has 2 aromatic rings. The van der Waals surface area contributed by atoms with Crippen molar-refractivity contribution in [1.82, 2.24) is 0 Å². The van der Waals surface area contributed by atoms with Gasteiger partial charge in [-0.2, -0.15) is 0 Å². The Kier molecular flexibility index (Phi) is 8.40.